The average molecular weight is 229 g/mol. The molecule has 5 heteroatoms. The van der Waals surface area contributed by atoms with Crippen molar-refractivity contribution in [2.24, 2.45) is 0 Å². The number of halogens is 3. The molecule has 0 saturated carbocycles. The van der Waals surface area contributed by atoms with Crippen molar-refractivity contribution >= 4 is 40.7 Å². The molecule has 0 aromatic carbocycles. The Balaban J connectivity index is 4.11. The van der Waals surface area contributed by atoms with Crippen LogP contribution in [0.25, 0.3) is 0 Å². The van der Waals surface area contributed by atoms with Crippen LogP contribution in [-0.2, 0) is 4.74 Å². The van der Waals surface area contributed by atoms with Crippen LogP contribution in [0.4, 0.5) is 0 Å². The lowest BCUT2D eigenvalue weighted by Gasteiger charge is -2.16. The number of hydrogen-bond donors (Lipinski definition) is 1. The Labute approximate surface area is 86.6 Å². The minimum absolute atomic E-state index is 0.447. The van der Waals surface area contributed by atoms with Crippen LogP contribution in [0.15, 0.2) is 0 Å². The van der Waals surface area contributed by atoms with Crippen LogP contribution < -0.4 is 0 Å². The quantitative estimate of drug-likeness (QED) is 0.335. The molecule has 0 bridgehead atoms. The Morgan fingerprint density at radius 3 is 2.42 bits per heavy atom. The summed E-state index contributed by atoms with van der Waals surface area (Å²) in [6.45, 7) is 1.82. The van der Waals surface area contributed by atoms with Crippen LogP contribution in [0.3, 0.4) is 0 Å². The van der Waals surface area contributed by atoms with E-state index >= 15 is 0 Å². The maximum atomic E-state index is 7.16. The number of ether oxygens (including phenoxy) is 1. The molecule has 68 valence electrons. The van der Waals surface area contributed by atoms with Gasteiger partial charge in [-0.1, -0.05) is 47.6 Å². The molecule has 12 heavy (non-hydrogen) atoms. The van der Waals surface area contributed by atoms with E-state index in [-0.39, 0.29) is 0 Å². The topological polar surface area (TPSA) is 33.1 Å². The first kappa shape index (κ1) is 11.9. The molecule has 0 amide bonds. The fourth-order valence-corrected chi connectivity index (χ4v) is 0.578. The molecule has 1 atom stereocenters. The summed E-state index contributed by atoms with van der Waals surface area (Å²) in [5.41, 5.74) is 0. The summed E-state index contributed by atoms with van der Waals surface area (Å²) in [7, 11) is 0. The number of nitrogens with one attached hydrogen (secondary N) is 1. The summed E-state index contributed by atoms with van der Waals surface area (Å²) >= 11 is 16.1. The number of hydrogen-bond acceptors (Lipinski definition) is 2. The molecule has 0 spiro atoms. The molecule has 0 radical (unpaired) electrons. The Kier molecular flexibility index (Phi) is 4.77. The molecular formula is C7H8Cl3NO. The Morgan fingerprint density at radius 2 is 2.17 bits per heavy atom. The molecular weight excluding hydrogens is 220 g/mol. The minimum atomic E-state index is -1.83. The van der Waals surface area contributed by atoms with Gasteiger partial charge < -0.3 is 4.74 Å². The van der Waals surface area contributed by atoms with E-state index in [9.17, 15) is 0 Å². The van der Waals surface area contributed by atoms with E-state index in [1.165, 1.54) is 0 Å². The first-order valence-electron chi connectivity index (χ1n) is 3.20. The van der Waals surface area contributed by atoms with Gasteiger partial charge in [0.05, 0.1) is 0 Å². The summed E-state index contributed by atoms with van der Waals surface area (Å²) < 4.78 is 3.04. The smallest absolute Gasteiger partial charge is 0.265 e. The maximum Gasteiger partial charge on any atom is 0.265 e. The summed E-state index contributed by atoms with van der Waals surface area (Å²) in [5, 5.41) is 7.16. The van der Waals surface area contributed by atoms with Crippen LogP contribution in [0.2, 0.25) is 0 Å². The number of alkyl halides is 3. The van der Waals surface area contributed by atoms with Gasteiger partial charge in [-0.15, -0.1) is 6.42 Å². The normalized spacial score (nSPS) is 13.2. The summed E-state index contributed by atoms with van der Waals surface area (Å²) in [4.78, 5) is 0. The van der Waals surface area contributed by atoms with E-state index in [0.29, 0.717) is 6.42 Å². The standard InChI is InChI=1S/C7H8Cl3NO/c1-3-5(4-2)12-6(11)7(8,9)10/h1,5,11H,4H2,2H3. The van der Waals surface area contributed by atoms with Crippen molar-refractivity contribution in [1.82, 2.24) is 0 Å². The summed E-state index contributed by atoms with van der Waals surface area (Å²) in [6, 6.07) is 0. The summed E-state index contributed by atoms with van der Waals surface area (Å²) in [6.07, 6.45) is 5.14. The fourth-order valence-electron chi connectivity index (χ4n) is 0.444. The van der Waals surface area contributed by atoms with Gasteiger partial charge in [0.15, 0.2) is 6.10 Å². The maximum absolute atomic E-state index is 7.16. The Bertz CT molecular complexity index is 204. The molecule has 0 saturated heterocycles. The van der Waals surface area contributed by atoms with Crippen LogP contribution in [0.1, 0.15) is 13.3 Å². The molecule has 0 aliphatic rings. The highest BCUT2D eigenvalue weighted by molar-refractivity contribution is 6.76. The van der Waals surface area contributed by atoms with Gasteiger partial charge in [-0.05, 0) is 6.42 Å². The zero-order valence-corrected chi connectivity index (χ0v) is 8.67. The first-order valence-corrected chi connectivity index (χ1v) is 4.33. The van der Waals surface area contributed by atoms with Gasteiger partial charge >= 0.3 is 0 Å². The van der Waals surface area contributed by atoms with Gasteiger partial charge in [0.2, 0.25) is 5.90 Å². The molecule has 0 rings (SSSR count). The highest BCUT2D eigenvalue weighted by atomic mass is 35.6. The molecule has 0 aliphatic heterocycles. The molecule has 1 N–H and O–H groups in total. The second-order valence-electron chi connectivity index (χ2n) is 2.01. The van der Waals surface area contributed by atoms with Crippen LogP contribution in [-0.4, -0.2) is 15.8 Å². The van der Waals surface area contributed by atoms with Crippen molar-refractivity contribution in [3.63, 3.8) is 0 Å². The van der Waals surface area contributed by atoms with Gasteiger partial charge in [0.25, 0.3) is 3.79 Å². The highest BCUT2D eigenvalue weighted by Gasteiger charge is 2.29. The van der Waals surface area contributed by atoms with E-state index in [1.54, 1.807) is 0 Å². The second-order valence-corrected chi connectivity index (χ2v) is 4.29. The van der Waals surface area contributed by atoms with Gasteiger partial charge in [-0.3, -0.25) is 5.41 Å². The third-order valence-electron chi connectivity index (χ3n) is 1.07. The SMILES string of the molecule is C#CC(CC)OC(=N)C(Cl)(Cl)Cl. The predicted octanol–water partition coefficient (Wildman–Crippen LogP) is 2.76. The number of rotatable bonds is 2. The second kappa shape index (κ2) is 4.81. The van der Waals surface area contributed by atoms with Crippen molar-refractivity contribution in [2.75, 3.05) is 0 Å². The molecule has 0 fully saturated rings. The van der Waals surface area contributed by atoms with E-state index in [2.05, 4.69) is 5.92 Å². The van der Waals surface area contributed by atoms with E-state index in [1.807, 2.05) is 6.92 Å². The molecule has 0 aliphatic carbocycles. The average Bonchev–Trinajstić information content (AvgIpc) is 1.97. The monoisotopic (exact) mass is 227 g/mol. The zero-order chi connectivity index (χ0) is 9.78. The third-order valence-corrected chi connectivity index (χ3v) is 1.59. The van der Waals surface area contributed by atoms with Crippen molar-refractivity contribution in [1.29, 1.82) is 5.41 Å². The fraction of sp³-hybridized carbons (Fsp3) is 0.571. The molecule has 0 aromatic rings. The molecule has 1 unspecified atom stereocenters. The minimum Gasteiger partial charge on any atom is -0.462 e. The van der Waals surface area contributed by atoms with E-state index < -0.39 is 15.8 Å². The van der Waals surface area contributed by atoms with Crippen LogP contribution in [0.5, 0.6) is 0 Å². The van der Waals surface area contributed by atoms with Gasteiger partial charge in [0.1, 0.15) is 0 Å². The largest absolute Gasteiger partial charge is 0.462 e. The Hall–Kier alpha value is -0.100. The number of terminal acetylenes is 1. The van der Waals surface area contributed by atoms with Crippen LogP contribution >= 0.6 is 34.8 Å². The Morgan fingerprint density at radius 1 is 1.67 bits per heavy atom. The van der Waals surface area contributed by atoms with E-state index in [4.69, 9.17) is 51.4 Å². The highest BCUT2D eigenvalue weighted by Crippen LogP contribution is 2.28. The van der Waals surface area contributed by atoms with Crippen molar-refractivity contribution in [3.05, 3.63) is 0 Å². The lowest BCUT2D eigenvalue weighted by Crippen LogP contribution is -2.26. The molecule has 0 heterocycles. The van der Waals surface area contributed by atoms with Crippen LogP contribution in [0, 0.1) is 17.8 Å². The van der Waals surface area contributed by atoms with Crippen molar-refractivity contribution in [2.45, 2.75) is 23.2 Å². The van der Waals surface area contributed by atoms with Gasteiger partial charge in [0, 0.05) is 0 Å². The zero-order valence-electron chi connectivity index (χ0n) is 6.40. The van der Waals surface area contributed by atoms with Crippen molar-refractivity contribution < 1.29 is 4.74 Å². The van der Waals surface area contributed by atoms with Gasteiger partial charge in [-0.2, -0.15) is 0 Å². The van der Waals surface area contributed by atoms with Gasteiger partial charge in [-0.25, -0.2) is 0 Å². The molecule has 0 aromatic heterocycles. The van der Waals surface area contributed by atoms with Crippen molar-refractivity contribution in [3.8, 4) is 12.3 Å². The summed E-state index contributed by atoms with van der Waals surface area (Å²) in [5.74, 6) is 1.87. The third kappa shape index (κ3) is 4.06. The molecule has 2 nitrogen and oxygen atoms in total. The van der Waals surface area contributed by atoms with E-state index in [0.717, 1.165) is 0 Å². The lowest BCUT2D eigenvalue weighted by atomic mass is 10.3. The predicted molar refractivity (Wildman–Crippen MR) is 52.0 cm³/mol. The lowest BCUT2D eigenvalue weighted by molar-refractivity contribution is 0.234. The first-order chi connectivity index (χ1) is 5.41.